The summed E-state index contributed by atoms with van der Waals surface area (Å²) in [6.45, 7) is 6.54. The highest BCUT2D eigenvalue weighted by Crippen LogP contribution is 1.90. The minimum Gasteiger partial charge on any atom is -0.356 e. The fourth-order valence-electron chi connectivity index (χ4n) is 1.39. The minimum atomic E-state index is 0.0956. The van der Waals surface area contributed by atoms with Crippen molar-refractivity contribution in [3.63, 3.8) is 0 Å². The predicted octanol–water partition coefficient (Wildman–Crippen LogP) is 0.230. The summed E-state index contributed by atoms with van der Waals surface area (Å²) in [6, 6.07) is 0.262. The van der Waals surface area contributed by atoms with E-state index in [0.717, 1.165) is 31.9 Å². The zero-order chi connectivity index (χ0) is 11.8. The highest BCUT2D eigenvalue weighted by Gasteiger charge is 2.06. The van der Waals surface area contributed by atoms with Crippen molar-refractivity contribution < 1.29 is 4.79 Å². The summed E-state index contributed by atoms with van der Waals surface area (Å²) in [5.74, 6) is 0.917. The number of nitrogens with one attached hydrogen (secondary N) is 3. The molecule has 0 aliphatic carbocycles. The zero-order valence-corrected chi connectivity index (χ0v) is 10.2. The van der Waals surface area contributed by atoms with E-state index in [0.29, 0.717) is 13.0 Å². The Morgan fingerprint density at radius 3 is 3.06 bits per heavy atom. The molecule has 0 saturated heterocycles. The van der Waals surface area contributed by atoms with Crippen molar-refractivity contribution in [1.29, 1.82) is 0 Å². The Kier molecular flexibility index (Phi) is 5.67. The molecule has 0 spiro atoms. The number of rotatable bonds is 5. The van der Waals surface area contributed by atoms with Gasteiger partial charge in [0.25, 0.3) is 0 Å². The zero-order valence-electron chi connectivity index (χ0n) is 10.2. The fraction of sp³-hybridized carbons (Fsp3) is 0.818. The van der Waals surface area contributed by atoms with Gasteiger partial charge in [-0.05, 0) is 19.8 Å². The van der Waals surface area contributed by atoms with E-state index in [4.69, 9.17) is 0 Å². The first kappa shape index (κ1) is 12.8. The van der Waals surface area contributed by atoms with Crippen LogP contribution in [0.2, 0.25) is 0 Å². The van der Waals surface area contributed by atoms with Crippen molar-refractivity contribution in [2.75, 3.05) is 19.6 Å². The number of nitrogens with zero attached hydrogens (tertiary/aromatic N) is 1. The lowest BCUT2D eigenvalue weighted by molar-refractivity contribution is -0.121. The van der Waals surface area contributed by atoms with Crippen LogP contribution in [0.15, 0.2) is 4.99 Å². The molecule has 0 fully saturated rings. The van der Waals surface area contributed by atoms with Crippen molar-refractivity contribution in [2.45, 2.75) is 39.2 Å². The highest BCUT2D eigenvalue weighted by atomic mass is 16.1. The van der Waals surface area contributed by atoms with Gasteiger partial charge in [0.2, 0.25) is 5.91 Å². The first-order valence-electron chi connectivity index (χ1n) is 6.04. The molecule has 5 nitrogen and oxygen atoms in total. The van der Waals surface area contributed by atoms with Gasteiger partial charge >= 0.3 is 0 Å². The van der Waals surface area contributed by atoms with Crippen LogP contribution in [-0.2, 0) is 4.79 Å². The second kappa shape index (κ2) is 7.09. The maximum absolute atomic E-state index is 11.4. The highest BCUT2D eigenvalue weighted by molar-refractivity contribution is 5.81. The third-order valence-electron chi connectivity index (χ3n) is 2.56. The molecule has 92 valence electrons. The van der Waals surface area contributed by atoms with Gasteiger partial charge in [-0.15, -0.1) is 0 Å². The Labute approximate surface area is 97.1 Å². The van der Waals surface area contributed by atoms with E-state index in [1.165, 1.54) is 0 Å². The summed E-state index contributed by atoms with van der Waals surface area (Å²) >= 11 is 0. The van der Waals surface area contributed by atoms with Crippen LogP contribution in [-0.4, -0.2) is 37.5 Å². The van der Waals surface area contributed by atoms with Crippen molar-refractivity contribution in [3.05, 3.63) is 0 Å². The number of guanidine groups is 1. The molecular weight excluding hydrogens is 204 g/mol. The summed E-state index contributed by atoms with van der Waals surface area (Å²) in [6.07, 6.45) is 2.54. The van der Waals surface area contributed by atoms with Crippen molar-refractivity contribution >= 4 is 11.9 Å². The van der Waals surface area contributed by atoms with Crippen molar-refractivity contribution in [1.82, 2.24) is 16.0 Å². The summed E-state index contributed by atoms with van der Waals surface area (Å²) in [5.41, 5.74) is 0. The van der Waals surface area contributed by atoms with Crippen molar-refractivity contribution in [2.24, 2.45) is 4.99 Å². The molecule has 16 heavy (non-hydrogen) atoms. The molecule has 0 radical (unpaired) electrons. The number of aliphatic imine (C=N–C) groups is 1. The van der Waals surface area contributed by atoms with E-state index in [9.17, 15) is 4.79 Å². The lowest BCUT2D eigenvalue weighted by atomic mass is 10.2. The predicted molar refractivity (Wildman–Crippen MR) is 65.4 cm³/mol. The molecule has 5 heteroatoms. The van der Waals surface area contributed by atoms with Gasteiger partial charge < -0.3 is 16.0 Å². The van der Waals surface area contributed by atoms with E-state index in [1.54, 1.807) is 0 Å². The van der Waals surface area contributed by atoms with Crippen LogP contribution in [0.25, 0.3) is 0 Å². The summed E-state index contributed by atoms with van der Waals surface area (Å²) in [7, 11) is 0. The molecule has 1 heterocycles. The van der Waals surface area contributed by atoms with Crippen LogP contribution < -0.4 is 16.0 Å². The quantitative estimate of drug-likeness (QED) is 0.629. The van der Waals surface area contributed by atoms with Gasteiger partial charge in [-0.3, -0.25) is 9.79 Å². The summed E-state index contributed by atoms with van der Waals surface area (Å²) < 4.78 is 0. The van der Waals surface area contributed by atoms with Gasteiger partial charge in [-0.25, -0.2) is 0 Å². The number of carbonyl (C=O) groups excluding carboxylic acids is 1. The Morgan fingerprint density at radius 1 is 1.62 bits per heavy atom. The van der Waals surface area contributed by atoms with E-state index < -0.39 is 0 Å². The van der Waals surface area contributed by atoms with Gasteiger partial charge in [-0.1, -0.05) is 6.92 Å². The lowest BCUT2D eigenvalue weighted by Crippen LogP contribution is -2.42. The molecule has 1 aliphatic heterocycles. The Bertz CT molecular complexity index is 252. The smallest absolute Gasteiger partial charge is 0.221 e. The molecule has 0 aromatic carbocycles. The van der Waals surface area contributed by atoms with E-state index in [1.807, 2.05) is 6.92 Å². The Balaban J connectivity index is 2.10. The first-order chi connectivity index (χ1) is 7.72. The van der Waals surface area contributed by atoms with Crippen LogP contribution in [0.4, 0.5) is 0 Å². The molecule has 3 N–H and O–H groups in total. The van der Waals surface area contributed by atoms with E-state index in [-0.39, 0.29) is 11.9 Å². The summed E-state index contributed by atoms with van der Waals surface area (Å²) in [4.78, 5) is 15.7. The molecule has 1 atom stereocenters. The number of carbonyl (C=O) groups is 1. The van der Waals surface area contributed by atoms with Crippen LogP contribution in [0.5, 0.6) is 0 Å². The maximum Gasteiger partial charge on any atom is 0.221 e. The topological polar surface area (TPSA) is 65.5 Å². The average Bonchev–Trinajstić information content (AvgIpc) is 2.30. The molecule has 0 aromatic heterocycles. The molecule has 0 aromatic rings. The minimum absolute atomic E-state index is 0.0956. The van der Waals surface area contributed by atoms with Crippen LogP contribution in [0, 0.1) is 0 Å². The van der Waals surface area contributed by atoms with Gasteiger partial charge in [-0.2, -0.15) is 0 Å². The maximum atomic E-state index is 11.4. The number of amides is 1. The SMILES string of the molecule is CCC(C)NC(=O)CCNC1=NCCCN1. The number of hydrogen-bond acceptors (Lipinski definition) is 4. The second-order valence-electron chi connectivity index (χ2n) is 4.06. The normalized spacial score (nSPS) is 17.0. The molecule has 0 bridgehead atoms. The van der Waals surface area contributed by atoms with Crippen LogP contribution in [0.3, 0.4) is 0 Å². The molecular formula is C11H22N4O. The van der Waals surface area contributed by atoms with Crippen molar-refractivity contribution in [3.8, 4) is 0 Å². The third-order valence-corrected chi connectivity index (χ3v) is 2.56. The van der Waals surface area contributed by atoms with Gasteiger partial charge in [0, 0.05) is 32.1 Å². The van der Waals surface area contributed by atoms with Gasteiger partial charge in [0.1, 0.15) is 0 Å². The first-order valence-corrected chi connectivity index (χ1v) is 6.04. The number of hydrogen-bond donors (Lipinski definition) is 3. The lowest BCUT2D eigenvalue weighted by Gasteiger charge is -2.16. The fourth-order valence-corrected chi connectivity index (χ4v) is 1.39. The monoisotopic (exact) mass is 226 g/mol. The molecule has 1 amide bonds. The second-order valence-corrected chi connectivity index (χ2v) is 4.06. The summed E-state index contributed by atoms with van der Waals surface area (Å²) in [5, 5.41) is 9.20. The van der Waals surface area contributed by atoms with Crippen LogP contribution >= 0.6 is 0 Å². The third kappa shape index (κ3) is 5.00. The largest absolute Gasteiger partial charge is 0.356 e. The van der Waals surface area contributed by atoms with E-state index >= 15 is 0 Å². The van der Waals surface area contributed by atoms with Gasteiger partial charge in [0.15, 0.2) is 5.96 Å². The molecule has 1 aliphatic rings. The molecule has 1 rings (SSSR count). The molecule has 0 saturated carbocycles. The Morgan fingerprint density at radius 2 is 2.44 bits per heavy atom. The van der Waals surface area contributed by atoms with Crippen LogP contribution in [0.1, 0.15) is 33.1 Å². The van der Waals surface area contributed by atoms with Gasteiger partial charge in [0.05, 0.1) is 0 Å². The Hall–Kier alpha value is -1.26. The standard InChI is InChI=1S/C11H22N4O/c1-3-9(2)15-10(16)5-8-14-11-12-6-4-7-13-11/h9H,3-8H2,1-2H3,(H,15,16)(H2,12,13,14). The molecule has 1 unspecified atom stereocenters. The average molecular weight is 226 g/mol. The van der Waals surface area contributed by atoms with E-state index in [2.05, 4.69) is 27.9 Å².